The Morgan fingerprint density at radius 3 is 2.37 bits per heavy atom. The van der Waals surface area contributed by atoms with Crippen LogP contribution >= 0.6 is 0 Å². The zero-order valence-corrected chi connectivity index (χ0v) is 26.3. The van der Waals surface area contributed by atoms with Crippen molar-refractivity contribution in [3.05, 3.63) is 53.5 Å². The van der Waals surface area contributed by atoms with Crippen molar-refractivity contribution in [3.8, 4) is 0 Å². The van der Waals surface area contributed by atoms with E-state index in [-0.39, 0.29) is 24.2 Å². The topological polar surface area (TPSA) is 108 Å². The van der Waals surface area contributed by atoms with Crippen molar-refractivity contribution in [2.24, 2.45) is 0 Å². The van der Waals surface area contributed by atoms with E-state index in [0.29, 0.717) is 37.3 Å². The first-order valence-electron chi connectivity index (χ1n) is 16.0. The summed E-state index contributed by atoms with van der Waals surface area (Å²) in [5, 5.41) is 3.55. The fourth-order valence-electron chi connectivity index (χ4n) is 7.11. The Hall–Kier alpha value is -2.60. The molecule has 0 spiro atoms. The van der Waals surface area contributed by atoms with Gasteiger partial charge in [0.2, 0.25) is 10.0 Å². The summed E-state index contributed by atoms with van der Waals surface area (Å²) in [5.41, 5.74) is 2.76. The summed E-state index contributed by atoms with van der Waals surface area (Å²) in [7, 11) is -1.48. The number of rotatable bonds is 9. The summed E-state index contributed by atoms with van der Waals surface area (Å²) in [5.74, 6) is 1.12. The number of carbonyl (C=O) groups is 1. The molecule has 1 N–H and O–H groups in total. The fourth-order valence-corrected chi connectivity index (χ4v) is 7.86. The average molecular weight is 611 g/mol. The van der Waals surface area contributed by atoms with Crippen molar-refractivity contribution in [1.82, 2.24) is 24.1 Å². The van der Waals surface area contributed by atoms with Gasteiger partial charge in [0.05, 0.1) is 18.5 Å². The number of ether oxygens (including phenoxy) is 1. The minimum Gasteiger partial charge on any atom is -0.368 e. The van der Waals surface area contributed by atoms with Gasteiger partial charge in [0.25, 0.3) is 5.91 Å². The van der Waals surface area contributed by atoms with Crippen molar-refractivity contribution >= 4 is 21.7 Å². The maximum atomic E-state index is 13.8. The predicted molar refractivity (Wildman–Crippen MR) is 167 cm³/mol. The van der Waals surface area contributed by atoms with Gasteiger partial charge in [-0.05, 0) is 82.4 Å². The lowest BCUT2D eigenvalue weighted by atomic mass is 9.97. The third-order valence-electron chi connectivity index (χ3n) is 9.89. The number of likely N-dealkylation sites (tertiary alicyclic amines) is 2. The molecule has 4 aliphatic rings. The Labute approximate surface area is 256 Å². The Kier molecular flexibility index (Phi) is 9.32. The molecule has 0 unspecified atom stereocenters. The van der Waals surface area contributed by atoms with Gasteiger partial charge >= 0.3 is 0 Å². The lowest BCUT2D eigenvalue weighted by Crippen LogP contribution is -2.52. The molecule has 43 heavy (non-hydrogen) atoms. The second-order valence-electron chi connectivity index (χ2n) is 12.8. The molecular weight excluding hydrogens is 564 g/mol. The Morgan fingerprint density at radius 2 is 1.70 bits per heavy atom. The number of nitrogens with one attached hydrogen (secondary N) is 1. The maximum Gasteiger partial charge on any atom is 0.272 e. The smallest absolute Gasteiger partial charge is 0.272 e. The van der Waals surface area contributed by atoms with Crippen LogP contribution in [0.3, 0.4) is 0 Å². The zero-order valence-electron chi connectivity index (χ0n) is 25.5. The molecule has 0 bridgehead atoms. The van der Waals surface area contributed by atoms with E-state index < -0.39 is 10.0 Å². The van der Waals surface area contributed by atoms with Gasteiger partial charge in [-0.3, -0.25) is 4.79 Å². The van der Waals surface area contributed by atoms with Crippen LogP contribution in [0.25, 0.3) is 0 Å². The minimum absolute atomic E-state index is 0.0114. The van der Waals surface area contributed by atoms with E-state index in [4.69, 9.17) is 4.74 Å². The van der Waals surface area contributed by atoms with Gasteiger partial charge in [-0.25, -0.2) is 22.7 Å². The second kappa shape index (κ2) is 13.2. The Bertz CT molecular complexity index is 1360. The molecule has 6 rings (SSSR count). The van der Waals surface area contributed by atoms with Gasteiger partial charge in [0.15, 0.2) is 0 Å². The molecular formula is C32H46N6O4S. The van der Waals surface area contributed by atoms with Crippen LogP contribution in [0.2, 0.25) is 0 Å². The number of nitrogens with zero attached hydrogens (tertiary/aromatic N) is 5. The number of piperidine rings is 2. The van der Waals surface area contributed by atoms with Crippen molar-refractivity contribution in [1.29, 1.82) is 0 Å². The van der Waals surface area contributed by atoms with Crippen molar-refractivity contribution in [2.45, 2.75) is 88.0 Å². The van der Waals surface area contributed by atoms with E-state index in [9.17, 15) is 13.2 Å². The van der Waals surface area contributed by atoms with Crippen LogP contribution in [0, 0.1) is 0 Å². The molecule has 0 radical (unpaired) electrons. The van der Waals surface area contributed by atoms with Gasteiger partial charge in [-0.1, -0.05) is 30.3 Å². The number of aromatic nitrogens is 2. The quantitative estimate of drug-likeness (QED) is 0.454. The minimum atomic E-state index is -3.17. The van der Waals surface area contributed by atoms with Gasteiger partial charge in [0.1, 0.15) is 17.8 Å². The van der Waals surface area contributed by atoms with Crippen LogP contribution in [0.4, 0.5) is 5.82 Å². The van der Waals surface area contributed by atoms with E-state index in [0.717, 1.165) is 82.3 Å². The highest BCUT2D eigenvalue weighted by molar-refractivity contribution is 7.88. The number of hydrogen-bond acceptors (Lipinski definition) is 8. The first-order valence-corrected chi connectivity index (χ1v) is 17.9. The maximum absolute atomic E-state index is 13.8. The van der Waals surface area contributed by atoms with E-state index in [1.54, 1.807) is 7.05 Å². The normalized spacial score (nSPS) is 24.8. The molecule has 3 saturated heterocycles. The number of benzene rings is 1. The predicted octanol–water partition coefficient (Wildman–Crippen LogP) is 4.04. The van der Waals surface area contributed by atoms with E-state index in [2.05, 4.69) is 44.5 Å². The summed E-state index contributed by atoms with van der Waals surface area (Å²) in [6, 6.07) is 10.9. The molecule has 1 amide bonds. The largest absolute Gasteiger partial charge is 0.368 e. The molecule has 1 aliphatic carbocycles. The third-order valence-corrected chi connectivity index (χ3v) is 11.2. The van der Waals surface area contributed by atoms with Crippen LogP contribution in [-0.2, 0) is 14.8 Å². The molecule has 11 heteroatoms. The van der Waals surface area contributed by atoms with Crippen molar-refractivity contribution in [3.63, 3.8) is 0 Å². The molecule has 234 valence electrons. The highest BCUT2D eigenvalue weighted by Gasteiger charge is 2.37. The molecule has 4 heterocycles. The second-order valence-corrected chi connectivity index (χ2v) is 14.8. The van der Waals surface area contributed by atoms with E-state index >= 15 is 0 Å². The number of hydrogen-bond donors (Lipinski definition) is 1. The summed E-state index contributed by atoms with van der Waals surface area (Å²) in [4.78, 5) is 27.4. The van der Waals surface area contributed by atoms with Gasteiger partial charge in [-0.15, -0.1) is 0 Å². The van der Waals surface area contributed by atoms with Crippen LogP contribution in [0.5, 0.6) is 0 Å². The number of amides is 1. The average Bonchev–Trinajstić information content (AvgIpc) is 3.89. The van der Waals surface area contributed by atoms with Crippen LogP contribution in [0.1, 0.15) is 91.4 Å². The first kappa shape index (κ1) is 30.4. The lowest BCUT2D eigenvalue weighted by molar-refractivity contribution is -0.0442. The molecule has 4 fully saturated rings. The standard InChI is InChI=1S/C32H46N6O4S/c1-36(43(2,40)41)25-13-17-37(18-14-25)26-15-19-38(20-16-26)32(39)30-29(24-11-12-24)31(35-22-34-30)33-21-27-9-6-10-28(42-27)23-7-4-3-5-8-23/h3-5,7-8,22,24-28H,6,9-21H2,1-2H3,(H,33,34,35)/t27-,28+/m1/s1. The lowest BCUT2D eigenvalue weighted by Gasteiger charge is -2.43. The first-order chi connectivity index (χ1) is 20.8. The van der Waals surface area contributed by atoms with Crippen molar-refractivity contribution < 1.29 is 17.9 Å². The van der Waals surface area contributed by atoms with Gasteiger partial charge < -0.3 is 19.9 Å². The van der Waals surface area contributed by atoms with Gasteiger partial charge in [-0.2, -0.15) is 0 Å². The fraction of sp³-hybridized carbons (Fsp3) is 0.656. The monoisotopic (exact) mass is 610 g/mol. The van der Waals surface area contributed by atoms with Crippen molar-refractivity contribution in [2.75, 3.05) is 51.3 Å². The summed E-state index contributed by atoms with van der Waals surface area (Å²) < 4.78 is 31.9. The third kappa shape index (κ3) is 7.21. The van der Waals surface area contributed by atoms with Gasteiger partial charge in [0, 0.05) is 44.3 Å². The molecule has 10 nitrogen and oxygen atoms in total. The SMILES string of the molecule is CN(C1CCN(C2CCN(C(=O)c3ncnc(NC[C@H]4CCC[C@@H](c5ccccc5)O4)c3C3CC3)CC2)CC1)S(C)(=O)=O. The highest BCUT2D eigenvalue weighted by Crippen LogP contribution is 2.44. The van der Waals surface area contributed by atoms with E-state index in [1.807, 2.05) is 11.0 Å². The summed E-state index contributed by atoms with van der Waals surface area (Å²) >= 11 is 0. The Morgan fingerprint density at radius 1 is 0.977 bits per heavy atom. The van der Waals surface area contributed by atoms with E-state index in [1.165, 1.54) is 22.5 Å². The molecule has 2 atom stereocenters. The molecule has 3 aliphatic heterocycles. The Balaban J connectivity index is 1.04. The van der Waals surface area contributed by atoms with Crippen LogP contribution in [-0.4, -0.2) is 103 Å². The molecule has 1 aromatic heterocycles. The summed E-state index contributed by atoms with van der Waals surface area (Å²) in [6.07, 6.45) is 11.9. The molecule has 1 aromatic carbocycles. The number of sulfonamides is 1. The molecule has 1 saturated carbocycles. The molecule has 2 aromatic rings. The van der Waals surface area contributed by atoms with Crippen LogP contribution < -0.4 is 5.32 Å². The highest BCUT2D eigenvalue weighted by atomic mass is 32.2. The summed E-state index contributed by atoms with van der Waals surface area (Å²) in [6.45, 7) is 3.87. The van der Waals surface area contributed by atoms with Crippen LogP contribution in [0.15, 0.2) is 36.7 Å². The number of carbonyl (C=O) groups excluding carboxylic acids is 1. The number of anilines is 1. The zero-order chi connectivity index (χ0) is 30.0.